The van der Waals surface area contributed by atoms with Gasteiger partial charge in [-0.1, -0.05) is 5.92 Å². The molecule has 0 fully saturated rings. The molecule has 1 aromatic rings. The minimum atomic E-state index is -0.208. The van der Waals surface area contributed by atoms with E-state index in [2.05, 4.69) is 10.9 Å². The first kappa shape index (κ1) is 11.8. The van der Waals surface area contributed by atoms with Gasteiger partial charge in [0.2, 0.25) is 0 Å². The highest BCUT2D eigenvalue weighted by Crippen LogP contribution is 2.22. The fourth-order valence-electron chi connectivity index (χ4n) is 0.914. The van der Waals surface area contributed by atoms with Crippen molar-refractivity contribution in [2.24, 2.45) is 0 Å². The average Bonchev–Trinajstić information content (AvgIpc) is 2.09. The second-order valence-electron chi connectivity index (χ2n) is 2.39. The van der Waals surface area contributed by atoms with Crippen LogP contribution in [0.1, 0.15) is 16.8 Å². The van der Waals surface area contributed by atoms with E-state index < -0.39 is 0 Å². The Hall–Kier alpha value is -1.24. The van der Waals surface area contributed by atoms with Crippen LogP contribution >= 0.6 is 12.4 Å². The molecule has 0 saturated carbocycles. The standard InChI is InChI=1S/C9H9NO2.ClH/c1-3-8-7(5-11)4-10-6(2)9(8)12;/h1,4,11-12H,5H2,2H3;1H. The summed E-state index contributed by atoms with van der Waals surface area (Å²) < 4.78 is 0. The maximum atomic E-state index is 9.39. The van der Waals surface area contributed by atoms with Gasteiger partial charge in [0.1, 0.15) is 0 Å². The highest BCUT2D eigenvalue weighted by atomic mass is 35.5. The zero-order chi connectivity index (χ0) is 9.14. The van der Waals surface area contributed by atoms with E-state index in [0.717, 1.165) is 0 Å². The van der Waals surface area contributed by atoms with Crippen LogP contribution in [0.5, 0.6) is 5.75 Å². The highest BCUT2D eigenvalue weighted by Gasteiger charge is 2.07. The molecule has 0 aliphatic carbocycles. The summed E-state index contributed by atoms with van der Waals surface area (Å²) in [6.45, 7) is 1.44. The molecular weight excluding hydrogens is 190 g/mol. The molecule has 70 valence electrons. The monoisotopic (exact) mass is 199 g/mol. The van der Waals surface area contributed by atoms with Crippen LogP contribution < -0.4 is 0 Å². The maximum absolute atomic E-state index is 9.39. The third kappa shape index (κ3) is 2.11. The van der Waals surface area contributed by atoms with Crippen LogP contribution in [0.25, 0.3) is 0 Å². The third-order valence-electron chi connectivity index (χ3n) is 1.63. The van der Waals surface area contributed by atoms with Gasteiger partial charge < -0.3 is 10.2 Å². The lowest BCUT2D eigenvalue weighted by Crippen LogP contribution is -1.94. The summed E-state index contributed by atoms with van der Waals surface area (Å²) in [6.07, 6.45) is 6.61. The van der Waals surface area contributed by atoms with E-state index in [1.165, 1.54) is 6.20 Å². The Morgan fingerprint density at radius 3 is 2.69 bits per heavy atom. The van der Waals surface area contributed by atoms with Crippen LogP contribution in [-0.4, -0.2) is 15.2 Å². The minimum Gasteiger partial charge on any atom is -0.505 e. The van der Waals surface area contributed by atoms with E-state index >= 15 is 0 Å². The van der Waals surface area contributed by atoms with Gasteiger partial charge in [-0.3, -0.25) is 4.98 Å². The van der Waals surface area contributed by atoms with Crippen LogP contribution in [0.3, 0.4) is 0 Å². The molecule has 0 spiro atoms. The van der Waals surface area contributed by atoms with Crippen molar-refractivity contribution < 1.29 is 10.2 Å². The highest BCUT2D eigenvalue weighted by molar-refractivity contribution is 5.85. The van der Waals surface area contributed by atoms with Crippen molar-refractivity contribution in [1.29, 1.82) is 0 Å². The Morgan fingerprint density at radius 1 is 1.62 bits per heavy atom. The summed E-state index contributed by atoms with van der Waals surface area (Å²) in [5.41, 5.74) is 1.27. The Labute approximate surface area is 82.9 Å². The largest absolute Gasteiger partial charge is 0.505 e. The van der Waals surface area contributed by atoms with Crippen molar-refractivity contribution >= 4 is 12.4 Å². The molecule has 0 atom stereocenters. The zero-order valence-electron chi connectivity index (χ0n) is 7.11. The lowest BCUT2D eigenvalue weighted by molar-refractivity contribution is 0.280. The Morgan fingerprint density at radius 2 is 2.23 bits per heavy atom. The Balaban J connectivity index is 0.00000144. The van der Waals surface area contributed by atoms with Crippen molar-refractivity contribution in [3.63, 3.8) is 0 Å². The van der Waals surface area contributed by atoms with Crippen molar-refractivity contribution in [3.8, 4) is 18.1 Å². The first-order valence-electron chi connectivity index (χ1n) is 3.45. The lowest BCUT2D eigenvalue weighted by Gasteiger charge is -2.04. The van der Waals surface area contributed by atoms with E-state index in [9.17, 15) is 5.11 Å². The molecule has 0 unspecified atom stereocenters. The van der Waals surface area contributed by atoms with Gasteiger partial charge in [-0.25, -0.2) is 0 Å². The van der Waals surface area contributed by atoms with Crippen LogP contribution in [-0.2, 0) is 6.61 Å². The molecule has 0 amide bonds. The van der Waals surface area contributed by atoms with Gasteiger partial charge in [-0.15, -0.1) is 18.8 Å². The summed E-state index contributed by atoms with van der Waals surface area (Å²) >= 11 is 0. The molecule has 2 N–H and O–H groups in total. The number of aromatic nitrogens is 1. The Bertz CT molecular complexity index is 344. The second-order valence-corrected chi connectivity index (χ2v) is 2.39. The topological polar surface area (TPSA) is 53.4 Å². The lowest BCUT2D eigenvalue weighted by atomic mass is 10.1. The van der Waals surface area contributed by atoms with Crippen molar-refractivity contribution in [1.82, 2.24) is 4.98 Å². The second kappa shape index (κ2) is 4.70. The number of terminal acetylenes is 1. The van der Waals surface area contributed by atoms with E-state index in [-0.39, 0.29) is 24.8 Å². The summed E-state index contributed by atoms with van der Waals surface area (Å²) in [5, 5.41) is 18.2. The van der Waals surface area contributed by atoms with E-state index in [4.69, 9.17) is 11.5 Å². The number of aliphatic hydroxyl groups is 1. The van der Waals surface area contributed by atoms with Gasteiger partial charge in [0.25, 0.3) is 0 Å². The molecule has 1 heterocycles. The molecule has 0 radical (unpaired) electrons. The average molecular weight is 200 g/mol. The minimum absolute atomic E-state index is 0. The first-order valence-corrected chi connectivity index (χ1v) is 3.45. The third-order valence-corrected chi connectivity index (χ3v) is 1.63. The van der Waals surface area contributed by atoms with Crippen molar-refractivity contribution in [3.05, 3.63) is 23.0 Å². The maximum Gasteiger partial charge on any atom is 0.152 e. The van der Waals surface area contributed by atoms with Crippen LogP contribution in [0.15, 0.2) is 6.20 Å². The van der Waals surface area contributed by atoms with Gasteiger partial charge in [0.15, 0.2) is 5.75 Å². The van der Waals surface area contributed by atoms with E-state index in [0.29, 0.717) is 16.8 Å². The molecular formula is C9H10ClNO2. The number of hydrogen-bond acceptors (Lipinski definition) is 3. The number of halogens is 1. The van der Waals surface area contributed by atoms with Crippen LogP contribution in [0, 0.1) is 19.3 Å². The number of aryl methyl sites for hydroxylation is 1. The smallest absolute Gasteiger partial charge is 0.152 e. The Kier molecular flexibility index (Phi) is 4.26. The van der Waals surface area contributed by atoms with Crippen molar-refractivity contribution in [2.45, 2.75) is 13.5 Å². The molecule has 1 aromatic heterocycles. The summed E-state index contributed by atoms with van der Waals surface area (Å²) in [7, 11) is 0. The first-order chi connectivity index (χ1) is 5.70. The summed E-state index contributed by atoms with van der Waals surface area (Å²) in [6, 6.07) is 0. The predicted octanol–water partition coefficient (Wildman–Crippen LogP) is 0.991. The van der Waals surface area contributed by atoms with E-state index in [1.807, 2.05) is 0 Å². The van der Waals surface area contributed by atoms with Gasteiger partial charge in [0.05, 0.1) is 17.9 Å². The van der Waals surface area contributed by atoms with Gasteiger partial charge in [-0.05, 0) is 6.92 Å². The quantitative estimate of drug-likeness (QED) is 0.664. The summed E-state index contributed by atoms with van der Waals surface area (Å²) in [5.74, 6) is 2.28. The molecule has 0 aromatic carbocycles. The van der Waals surface area contributed by atoms with Crippen LogP contribution in [0.2, 0.25) is 0 Å². The van der Waals surface area contributed by atoms with Gasteiger partial charge in [-0.2, -0.15) is 0 Å². The number of nitrogens with zero attached hydrogens (tertiary/aromatic N) is 1. The molecule has 0 bridgehead atoms. The number of rotatable bonds is 1. The van der Waals surface area contributed by atoms with Crippen molar-refractivity contribution in [2.75, 3.05) is 0 Å². The SMILES string of the molecule is C#Cc1c(CO)cnc(C)c1O.Cl. The number of aromatic hydroxyl groups is 1. The van der Waals surface area contributed by atoms with E-state index in [1.54, 1.807) is 6.92 Å². The van der Waals surface area contributed by atoms with Gasteiger partial charge in [0, 0.05) is 11.8 Å². The predicted molar refractivity (Wildman–Crippen MR) is 51.7 cm³/mol. The normalized spacial score (nSPS) is 8.69. The molecule has 0 saturated heterocycles. The number of pyridine rings is 1. The molecule has 1 rings (SSSR count). The molecule has 4 heteroatoms. The number of hydrogen-bond donors (Lipinski definition) is 2. The summed E-state index contributed by atoms with van der Waals surface area (Å²) in [4.78, 5) is 3.85. The molecule has 3 nitrogen and oxygen atoms in total. The van der Waals surface area contributed by atoms with Crippen LogP contribution in [0.4, 0.5) is 0 Å². The molecule has 0 aliphatic rings. The molecule has 13 heavy (non-hydrogen) atoms. The number of aliphatic hydroxyl groups excluding tert-OH is 1. The fraction of sp³-hybridized carbons (Fsp3) is 0.222. The zero-order valence-corrected chi connectivity index (χ0v) is 7.93. The van der Waals surface area contributed by atoms with Gasteiger partial charge >= 0.3 is 0 Å². The fourth-order valence-corrected chi connectivity index (χ4v) is 0.914. The molecule has 0 aliphatic heterocycles.